The molecule has 0 aliphatic heterocycles. The van der Waals surface area contributed by atoms with E-state index < -0.39 is 0 Å². The molecule has 0 aliphatic rings. The van der Waals surface area contributed by atoms with Crippen LogP contribution in [0.4, 0.5) is 0 Å². The number of rotatable bonds is 5. The number of aryl methyl sites for hydroxylation is 3. The summed E-state index contributed by atoms with van der Waals surface area (Å²) in [5.74, 6) is 0. The molecule has 0 N–H and O–H groups in total. The van der Waals surface area contributed by atoms with Gasteiger partial charge >= 0.3 is 0 Å². The van der Waals surface area contributed by atoms with E-state index in [0.717, 1.165) is 55.9 Å². The normalized spacial score (nSPS) is 11.1. The van der Waals surface area contributed by atoms with Crippen molar-refractivity contribution in [3.05, 3.63) is 150 Å². The molecule has 3 heteroatoms. The van der Waals surface area contributed by atoms with E-state index in [2.05, 4.69) is 129 Å². The van der Waals surface area contributed by atoms with Crippen LogP contribution in [0.5, 0.6) is 0 Å². The van der Waals surface area contributed by atoms with Gasteiger partial charge < -0.3 is 0 Å². The number of nitrogens with zero attached hydrogens (tertiary/aromatic N) is 3. The van der Waals surface area contributed by atoms with Gasteiger partial charge in [0.15, 0.2) is 0 Å². The van der Waals surface area contributed by atoms with Crippen LogP contribution >= 0.6 is 0 Å². The van der Waals surface area contributed by atoms with Gasteiger partial charge in [-0.05, 0) is 67.3 Å². The summed E-state index contributed by atoms with van der Waals surface area (Å²) in [6.07, 6.45) is 1.82. The zero-order valence-corrected chi connectivity index (χ0v) is 24.5. The number of hydrogen-bond acceptors (Lipinski definition) is 3. The van der Waals surface area contributed by atoms with Crippen LogP contribution in [0.25, 0.3) is 67.1 Å². The zero-order valence-electron chi connectivity index (χ0n) is 24.5. The van der Waals surface area contributed by atoms with Crippen LogP contribution in [0.15, 0.2) is 134 Å². The van der Waals surface area contributed by atoms with Crippen LogP contribution in [-0.4, -0.2) is 15.0 Å². The number of benzene rings is 5. The average molecular weight is 554 g/mol. The molecule has 0 amide bonds. The molecule has 0 aliphatic carbocycles. The molecule has 7 rings (SSSR count). The molecule has 0 spiro atoms. The summed E-state index contributed by atoms with van der Waals surface area (Å²) in [7, 11) is 0. The second-order valence-electron chi connectivity index (χ2n) is 11.2. The third-order valence-corrected chi connectivity index (χ3v) is 7.83. The highest BCUT2D eigenvalue weighted by molar-refractivity contribution is 5.96. The smallest absolute Gasteiger partial charge is 0.0973 e. The Morgan fingerprint density at radius 3 is 1.58 bits per heavy atom. The molecule has 0 fully saturated rings. The van der Waals surface area contributed by atoms with E-state index in [-0.39, 0.29) is 0 Å². The zero-order chi connectivity index (χ0) is 29.3. The Labute approximate surface area is 252 Å². The van der Waals surface area contributed by atoms with Crippen LogP contribution in [0.3, 0.4) is 0 Å². The minimum Gasteiger partial charge on any atom is -0.256 e. The van der Waals surface area contributed by atoms with Crippen molar-refractivity contribution in [3.8, 4) is 56.0 Å². The van der Waals surface area contributed by atoms with E-state index in [1.165, 1.54) is 27.8 Å². The lowest BCUT2D eigenvalue weighted by Gasteiger charge is -2.16. The maximum atomic E-state index is 5.33. The molecule has 0 radical (unpaired) electrons. The summed E-state index contributed by atoms with van der Waals surface area (Å²) in [6.45, 7) is 6.45. The van der Waals surface area contributed by atoms with Crippen LogP contribution in [0, 0.1) is 20.8 Å². The molecule has 2 aromatic heterocycles. The predicted molar refractivity (Wildman–Crippen MR) is 179 cm³/mol. The van der Waals surface area contributed by atoms with Crippen molar-refractivity contribution in [3.63, 3.8) is 0 Å². The monoisotopic (exact) mass is 553 g/mol. The number of hydrogen-bond donors (Lipinski definition) is 0. The first-order chi connectivity index (χ1) is 21.0. The molecule has 43 heavy (non-hydrogen) atoms. The molecule has 206 valence electrons. The minimum absolute atomic E-state index is 0.862. The fourth-order valence-corrected chi connectivity index (χ4v) is 5.85. The SMILES string of the molecule is Cc1cccc(-c2cc3nc(-c4ccccc4)c(-c4ccc(-c5ccccn5)cc4)nc3cc2-c2cc(C)cc(C)c2)c1. The van der Waals surface area contributed by atoms with E-state index >= 15 is 0 Å². The van der Waals surface area contributed by atoms with Crippen molar-refractivity contribution in [2.24, 2.45) is 0 Å². The van der Waals surface area contributed by atoms with Crippen molar-refractivity contribution in [2.75, 3.05) is 0 Å². The van der Waals surface area contributed by atoms with Gasteiger partial charge in [-0.2, -0.15) is 0 Å². The Bertz CT molecular complexity index is 2060. The third-order valence-electron chi connectivity index (χ3n) is 7.83. The summed E-state index contributed by atoms with van der Waals surface area (Å²) >= 11 is 0. The van der Waals surface area contributed by atoms with Gasteiger partial charge in [0.25, 0.3) is 0 Å². The van der Waals surface area contributed by atoms with E-state index in [1.54, 1.807) is 0 Å². The Balaban J connectivity index is 1.47. The van der Waals surface area contributed by atoms with Gasteiger partial charge in [-0.15, -0.1) is 0 Å². The first-order valence-electron chi connectivity index (χ1n) is 14.6. The summed E-state index contributed by atoms with van der Waals surface area (Å²) in [6, 6.07) is 44.7. The fourth-order valence-electron chi connectivity index (χ4n) is 5.85. The molecule has 0 atom stereocenters. The minimum atomic E-state index is 0.862. The van der Waals surface area contributed by atoms with Gasteiger partial charge in [0.2, 0.25) is 0 Å². The van der Waals surface area contributed by atoms with E-state index in [4.69, 9.17) is 9.97 Å². The van der Waals surface area contributed by atoms with Gasteiger partial charge in [-0.25, -0.2) is 9.97 Å². The van der Waals surface area contributed by atoms with Gasteiger partial charge in [0.05, 0.1) is 28.1 Å². The Kier molecular flexibility index (Phi) is 6.84. The lowest BCUT2D eigenvalue weighted by molar-refractivity contribution is 1.29. The molecule has 2 heterocycles. The standard InChI is InChI=1S/C40H31N3/c1-26-10-9-13-32(21-26)34-24-37-38(25-35(34)33-22-27(2)20-28(3)23-33)43-40(39(42-37)30-11-5-4-6-12-30)31-17-15-29(16-18-31)36-14-7-8-19-41-36/h4-25H,1-3H3. The average Bonchev–Trinajstić information content (AvgIpc) is 3.04. The van der Waals surface area contributed by atoms with E-state index in [9.17, 15) is 0 Å². The molecule has 5 aromatic carbocycles. The molecular formula is C40H31N3. The van der Waals surface area contributed by atoms with Crippen LogP contribution in [-0.2, 0) is 0 Å². The van der Waals surface area contributed by atoms with Crippen LogP contribution in [0.1, 0.15) is 16.7 Å². The number of fused-ring (bicyclic) bond motifs is 1. The van der Waals surface area contributed by atoms with Crippen molar-refractivity contribution in [2.45, 2.75) is 20.8 Å². The molecule has 0 saturated heterocycles. The quantitative estimate of drug-likeness (QED) is 0.213. The molecular weight excluding hydrogens is 522 g/mol. The molecule has 7 aromatic rings. The van der Waals surface area contributed by atoms with E-state index in [1.807, 2.05) is 30.5 Å². The summed E-state index contributed by atoms with van der Waals surface area (Å²) in [5.41, 5.74) is 15.9. The van der Waals surface area contributed by atoms with Crippen LogP contribution < -0.4 is 0 Å². The Morgan fingerprint density at radius 2 is 0.953 bits per heavy atom. The van der Waals surface area contributed by atoms with Crippen molar-refractivity contribution < 1.29 is 0 Å². The maximum Gasteiger partial charge on any atom is 0.0973 e. The van der Waals surface area contributed by atoms with Gasteiger partial charge in [-0.3, -0.25) is 4.98 Å². The largest absolute Gasteiger partial charge is 0.256 e. The fraction of sp³-hybridized carbons (Fsp3) is 0.0750. The predicted octanol–water partition coefficient (Wildman–Crippen LogP) is 10.3. The Morgan fingerprint density at radius 1 is 0.395 bits per heavy atom. The van der Waals surface area contributed by atoms with Crippen molar-refractivity contribution in [1.82, 2.24) is 15.0 Å². The second-order valence-corrected chi connectivity index (χ2v) is 11.2. The summed E-state index contributed by atoms with van der Waals surface area (Å²) in [5, 5.41) is 0. The highest BCUT2D eigenvalue weighted by Gasteiger charge is 2.17. The number of aromatic nitrogens is 3. The number of pyridine rings is 1. The van der Waals surface area contributed by atoms with Gasteiger partial charge in [0.1, 0.15) is 0 Å². The van der Waals surface area contributed by atoms with Crippen LogP contribution in [0.2, 0.25) is 0 Å². The summed E-state index contributed by atoms with van der Waals surface area (Å²) < 4.78 is 0. The first-order valence-corrected chi connectivity index (χ1v) is 14.6. The van der Waals surface area contributed by atoms with E-state index in [0.29, 0.717) is 0 Å². The molecule has 0 unspecified atom stereocenters. The molecule has 0 saturated carbocycles. The first kappa shape index (κ1) is 26.5. The Hall–Kier alpha value is -5.41. The molecule has 3 nitrogen and oxygen atoms in total. The van der Waals surface area contributed by atoms with Crippen molar-refractivity contribution in [1.29, 1.82) is 0 Å². The van der Waals surface area contributed by atoms with Crippen molar-refractivity contribution >= 4 is 11.0 Å². The lowest BCUT2D eigenvalue weighted by Crippen LogP contribution is -1.98. The lowest BCUT2D eigenvalue weighted by atomic mass is 9.91. The summed E-state index contributed by atoms with van der Waals surface area (Å²) in [4.78, 5) is 15.2. The molecule has 0 bridgehead atoms. The third kappa shape index (κ3) is 5.33. The highest BCUT2D eigenvalue weighted by atomic mass is 14.8. The highest BCUT2D eigenvalue weighted by Crippen LogP contribution is 2.39. The maximum absolute atomic E-state index is 5.33. The van der Waals surface area contributed by atoms with Gasteiger partial charge in [-0.1, -0.05) is 120 Å². The van der Waals surface area contributed by atoms with Gasteiger partial charge in [0, 0.05) is 22.9 Å². The topological polar surface area (TPSA) is 38.7 Å². The second kappa shape index (κ2) is 11.1.